The third-order valence-corrected chi connectivity index (χ3v) is 6.46. The highest BCUT2D eigenvalue weighted by atomic mass is 14.9. The van der Waals surface area contributed by atoms with Gasteiger partial charge in [0.25, 0.3) is 0 Å². The summed E-state index contributed by atoms with van der Waals surface area (Å²) in [6.45, 7) is 14.9. The van der Waals surface area contributed by atoms with E-state index in [4.69, 9.17) is 9.98 Å². The van der Waals surface area contributed by atoms with Gasteiger partial charge in [-0.2, -0.15) is 0 Å². The van der Waals surface area contributed by atoms with Gasteiger partial charge in [0.05, 0.1) is 28.6 Å². The number of H-pyrrole nitrogens is 2. The number of nitrogens with zero attached hydrogens (tertiary/aromatic N) is 3. The fraction of sp³-hybridized carbons (Fsp3) is 0.233. The highest BCUT2D eigenvalue weighted by molar-refractivity contribution is 6.05. The molecule has 2 N–H and O–H groups in total. The molecule has 5 nitrogen and oxygen atoms in total. The van der Waals surface area contributed by atoms with Crippen LogP contribution in [0.15, 0.2) is 66.3 Å². The van der Waals surface area contributed by atoms with Crippen LogP contribution in [-0.4, -0.2) is 26.2 Å². The second-order valence-electron chi connectivity index (χ2n) is 9.79. The van der Waals surface area contributed by atoms with E-state index in [1.165, 1.54) is 0 Å². The number of aryl methyl sites for hydroxylation is 1. The zero-order valence-corrected chi connectivity index (χ0v) is 21.0. The summed E-state index contributed by atoms with van der Waals surface area (Å²) < 4.78 is 0. The maximum Gasteiger partial charge on any atom is 0.109 e. The zero-order valence-electron chi connectivity index (χ0n) is 21.0. The molecule has 176 valence electrons. The van der Waals surface area contributed by atoms with Crippen molar-refractivity contribution in [1.82, 2.24) is 19.9 Å². The SMILES string of the molecule is C=C(N=Cc1cc(-c2cnc(C(C)C)[nH]2)ccc1C)c1ccc2c(ccc3[nH]c(C(C)C)nc32)c1. The van der Waals surface area contributed by atoms with Crippen molar-refractivity contribution in [2.45, 2.75) is 46.5 Å². The molecule has 5 aromatic rings. The Labute approximate surface area is 206 Å². The summed E-state index contributed by atoms with van der Waals surface area (Å²) in [6, 6.07) is 16.9. The molecule has 0 aliphatic carbocycles. The molecule has 2 heterocycles. The molecule has 0 unspecified atom stereocenters. The van der Waals surface area contributed by atoms with Gasteiger partial charge in [0.2, 0.25) is 0 Å². The van der Waals surface area contributed by atoms with E-state index in [0.29, 0.717) is 11.8 Å². The van der Waals surface area contributed by atoms with Crippen LogP contribution >= 0.6 is 0 Å². The van der Waals surface area contributed by atoms with Gasteiger partial charge >= 0.3 is 0 Å². The van der Waals surface area contributed by atoms with Gasteiger partial charge in [-0.15, -0.1) is 0 Å². The molecule has 3 aromatic carbocycles. The van der Waals surface area contributed by atoms with Crippen LogP contribution in [0.2, 0.25) is 0 Å². The minimum Gasteiger partial charge on any atom is -0.342 e. The molecule has 0 bridgehead atoms. The quantitative estimate of drug-likeness (QED) is 0.254. The molecule has 0 amide bonds. The van der Waals surface area contributed by atoms with E-state index in [2.05, 4.69) is 105 Å². The molecule has 0 spiro atoms. The summed E-state index contributed by atoms with van der Waals surface area (Å²) in [5, 5.41) is 2.27. The molecule has 0 saturated heterocycles. The Morgan fingerprint density at radius 1 is 0.943 bits per heavy atom. The minimum absolute atomic E-state index is 0.360. The Kier molecular flexibility index (Phi) is 5.85. The lowest BCUT2D eigenvalue weighted by Gasteiger charge is -2.06. The van der Waals surface area contributed by atoms with Crippen molar-refractivity contribution in [3.8, 4) is 11.3 Å². The normalized spacial score (nSPS) is 12.1. The average Bonchev–Trinajstić information content (AvgIpc) is 3.51. The van der Waals surface area contributed by atoms with Gasteiger partial charge in [-0.05, 0) is 41.6 Å². The number of aliphatic imine (C=N–C) groups is 1. The number of fused-ring (bicyclic) bond motifs is 3. The average molecular weight is 462 g/mol. The maximum absolute atomic E-state index is 4.83. The number of aromatic nitrogens is 4. The van der Waals surface area contributed by atoms with Crippen molar-refractivity contribution >= 4 is 33.7 Å². The van der Waals surface area contributed by atoms with Gasteiger partial charge in [0, 0.05) is 34.6 Å². The van der Waals surface area contributed by atoms with Crippen LogP contribution in [0.3, 0.4) is 0 Å². The summed E-state index contributed by atoms with van der Waals surface area (Å²) in [5.41, 5.74) is 8.14. The first kappa shape index (κ1) is 22.8. The van der Waals surface area contributed by atoms with E-state index in [1.54, 1.807) is 0 Å². The van der Waals surface area contributed by atoms with Crippen LogP contribution in [0.25, 0.3) is 38.8 Å². The van der Waals surface area contributed by atoms with Gasteiger partial charge < -0.3 is 9.97 Å². The highest BCUT2D eigenvalue weighted by Crippen LogP contribution is 2.29. The molecular formula is C30H31N5. The number of benzene rings is 3. The van der Waals surface area contributed by atoms with E-state index in [0.717, 1.165) is 67.1 Å². The molecular weight excluding hydrogens is 430 g/mol. The standard InChI is InChI=1S/C30H31N5/c1-17(2)29-32-16-27(34-29)23-8-7-19(5)24(14-23)15-31-20(6)21-9-11-25-22(13-21)10-12-26-28(25)35-30(33-26)18(3)4/h7-18H,6H2,1-5H3,(H,32,34)(H,33,35). The summed E-state index contributed by atoms with van der Waals surface area (Å²) in [7, 11) is 0. The summed E-state index contributed by atoms with van der Waals surface area (Å²) in [5.74, 6) is 2.73. The van der Waals surface area contributed by atoms with E-state index in [-0.39, 0.29) is 0 Å². The van der Waals surface area contributed by atoms with Crippen molar-refractivity contribution in [3.05, 3.63) is 89.6 Å². The van der Waals surface area contributed by atoms with Crippen LogP contribution in [0.4, 0.5) is 0 Å². The van der Waals surface area contributed by atoms with Crippen molar-refractivity contribution in [3.63, 3.8) is 0 Å². The van der Waals surface area contributed by atoms with Crippen molar-refractivity contribution in [1.29, 1.82) is 0 Å². The Bertz CT molecular complexity index is 1580. The number of nitrogens with one attached hydrogen (secondary N) is 2. The predicted octanol–water partition coefficient (Wildman–Crippen LogP) is 7.75. The first-order valence-corrected chi connectivity index (χ1v) is 12.1. The molecule has 35 heavy (non-hydrogen) atoms. The lowest BCUT2D eigenvalue weighted by atomic mass is 10.0. The summed E-state index contributed by atoms with van der Waals surface area (Å²) in [4.78, 5) is 20.9. The van der Waals surface area contributed by atoms with Crippen LogP contribution in [0.1, 0.15) is 67.9 Å². The Morgan fingerprint density at radius 2 is 1.74 bits per heavy atom. The molecule has 0 fully saturated rings. The number of rotatable bonds is 6. The van der Waals surface area contributed by atoms with Crippen LogP contribution in [0.5, 0.6) is 0 Å². The van der Waals surface area contributed by atoms with E-state index < -0.39 is 0 Å². The van der Waals surface area contributed by atoms with Gasteiger partial charge in [-0.1, -0.05) is 64.6 Å². The number of aromatic amines is 2. The van der Waals surface area contributed by atoms with Crippen LogP contribution in [0, 0.1) is 6.92 Å². The van der Waals surface area contributed by atoms with Gasteiger partial charge in [-0.25, -0.2) is 9.97 Å². The van der Waals surface area contributed by atoms with Gasteiger partial charge in [0.15, 0.2) is 0 Å². The first-order chi connectivity index (χ1) is 16.8. The third-order valence-electron chi connectivity index (χ3n) is 6.46. The molecule has 0 atom stereocenters. The summed E-state index contributed by atoms with van der Waals surface area (Å²) >= 11 is 0. The first-order valence-electron chi connectivity index (χ1n) is 12.1. The maximum atomic E-state index is 4.83. The minimum atomic E-state index is 0.360. The van der Waals surface area contributed by atoms with Gasteiger partial charge in [-0.3, -0.25) is 4.99 Å². The lowest BCUT2D eigenvalue weighted by molar-refractivity contribution is 0.795. The zero-order chi connectivity index (χ0) is 24.7. The monoisotopic (exact) mass is 461 g/mol. The second kappa shape index (κ2) is 8.99. The van der Waals surface area contributed by atoms with Crippen LogP contribution in [-0.2, 0) is 0 Å². The molecule has 5 rings (SSSR count). The molecule has 2 aromatic heterocycles. The Balaban J connectivity index is 1.42. The fourth-order valence-corrected chi connectivity index (χ4v) is 4.22. The predicted molar refractivity (Wildman–Crippen MR) is 147 cm³/mol. The Morgan fingerprint density at radius 3 is 2.49 bits per heavy atom. The number of hydrogen-bond acceptors (Lipinski definition) is 3. The Hall–Kier alpha value is -3.99. The summed E-state index contributed by atoms with van der Waals surface area (Å²) in [6.07, 6.45) is 3.80. The third kappa shape index (κ3) is 4.42. The van der Waals surface area contributed by atoms with Crippen LogP contribution < -0.4 is 0 Å². The lowest BCUT2D eigenvalue weighted by Crippen LogP contribution is -1.91. The highest BCUT2D eigenvalue weighted by Gasteiger charge is 2.11. The number of imidazole rings is 2. The van der Waals surface area contributed by atoms with E-state index in [9.17, 15) is 0 Å². The second-order valence-corrected chi connectivity index (χ2v) is 9.79. The van der Waals surface area contributed by atoms with E-state index >= 15 is 0 Å². The molecule has 5 heteroatoms. The van der Waals surface area contributed by atoms with Crippen molar-refractivity contribution in [2.75, 3.05) is 0 Å². The smallest absolute Gasteiger partial charge is 0.109 e. The number of hydrogen-bond donors (Lipinski definition) is 2. The van der Waals surface area contributed by atoms with Crippen molar-refractivity contribution in [2.24, 2.45) is 4.99 Å². The topological polar surface area (TPSA) is 69.7 Å². The molecule has 0 aliphatic rings. The van der Waals surface area contributed by atoms with Gasteiger partial charge in [0.1, 0.15) is 11.6 Å². The molecule has 0 aliphatic heterocycles. The fourth-order valence-electron chi connectivity index (χ4n) is 4.22. The molecule has 0 radical (unpaired) electrons. The van der Waals surface area contributed by atoms with E-state index in [1.807, 2.05) is 12.4 Å². The largest absolute Gasteiger partial charge is 0.342 e. The van der Waals surface area contributed by atoms with Crippen molar-refractivity contribution < 1.29 is 0 Å². The molecule has 0 saturated carbocycles.